The van der Waals surface area contributed by atoms with Gasteiger partial charge in [-0.3, -0.25) is 14.9 Å². The number of amides is 2. The number of aromatic nitrogens is 5. The van der Waals surface area contributed by atoms with Gasteiger partial charge in [0.1, 0.15) is 5.51 Å². The van der Waals surface area contributed by atoms with Crippen LogP contribution in [0.3, 0.4) is 0 Å². The summed E-state index contributed by atoms with van der Waals surface area (Å²) in [4.78, 5) is 24.2. The van der Waals surface area contributed by atoms with Gasteiger partial charge < -0.3 is 9.88 Å². The highest BCUT2D eigenvalue weighted by Crippen LogP contribution is 2.20. The second kappa shape index (κ2) is 8.73. The number of thioether (sulfide) groups is 1. The molecule has 11 heteroatoms. The molecule has 3 rings (SSSR count). The maximum atomic E-state index is 12.3. The molecule has 2 N–H and O–H groups in total. The molecule has 0 radical (unpaired) electrons. The lowest BCUT2D eigenvalue weighted by Crippen LogP contribution is -2.28. The Morgan fingerprint density at radius 3 is 2.70 bits per heavy atom. The normalized spacial score (nSPS) is 11.8. The molecular formula is C16H17N7O2S2. The van der Waals surface area contributed by atoms with E-state index in [-0.39, 0.29) is 23.6 Å². The van der Waals surface area contributed by atoms with Gasteiger partial charge in [0.25, 0.3) is 5.91 Å². The first-order chi connectivity index (χ1) is 13.0. The third-order valence-corrected chi connectivity index (χ3v) is 5.21. The first-order valence-corrected chi connectivity index (χ1v) is 9.85. The molecule has 140 valence electrons. The molecule has 0 bridgehead atoms. The SMILES string of the molecule is CC(NC(=O)c1ccccc1)c1nnc(SCC(=O)Nc2nncs2)n1C. The van der Waals surface area contributed by atoms with Crippen LogP contribution in [-0.4, -0.2) is 42.5 Å². The molecular weight excluding hydrogens is 386 g/mol. The zero-order chi connectivity index (χ0) is 19.2. The van der Waals surface area contributed by atoms with Crippen LogP contribution in [-0.2, 0) is 11.8 Å². The first kappa shape index (κ1) is 19.0. The molecule has 9 nitrogen and oxygen atoms in total. The Hall–Kier alpha value is -2.79. The van der Waals surface area contributed by atoms with E-state index in [9.17, 15) is 9.59 Å². The smallest absolute Gasteiger partial charge is 0.251 e. The van der Waals surface area contributed by atoms with Gasteiger partial charge in [-0.2, -0.15) is 0 Å². The zero-order valence-electron chi connectivity index (χ0n) is 14.6. The van der Waals surface area contributed by atoms with Crippen molar-refractivity contribution in [3.63, 3.8) is 0 Å². The van der Waals surface area contributed by atoms with Crippen molar-refractivity contribution in [2.24, 2.45) is 7.05 Å². The molecule has 3 aromatic rings. The van der Waals surface area contributed by atoms with Crippen LogP contribution >= 0.6 is 23.1 Å². The molecule has 2 amide bonds. The van der Waals surface area contributed by atoms with Crippen molar-refractivity contribution in [2.45, 2.75) is 18.1 Å². The number of hydrogen-bond donors (Lipinski definition) is 2. The van der Waals surface area contributed by atoms with Gasteiger partial charge in [-0.25, -0.2) is 0 Å². The van der Waals surface area contributed by atoms with E-state index in [4.69, 9.17) is 0 Å². The Morgan fingerprint density at radius 2 is 2.00 bits per heavy atom. The third kappa shape index (κ3) is 4.89. The third-order valence-electron chi connectivity index (χ3n) is 3.58. The number of carbonyl (C=O) groups is 2. The van der Waals surface area contributed by atoms with Crippen LogP contribution < -0.4 is 10.6 Å². The number of rotatable bonds is 7. The maximum Gasteiger partial charge on any atom is 0.251 e. The number of nitrogens with zero attached hydrogens (tertiary/aromatic N) is 5. The lowest BCUT2D eigenvalue weighted by Gasteiger charge is -2.13. The summed E-state index contributed by atoms with van der Waals surface area (Å²) >= 11 is 2.50. The standard InChI is InChI=1S/C16H17N7O2S2/c1-10(18-14(25)11-6-4-3-5-7-11)13-20-22-16(23(13)2)26-8-12(24)19-15-21-17-9-27-15/h3-7,9-10H,8H2,1-2H3,(H,18,25)(H,19,21,24). The highest BCUT2D eigenvalue weighted by atomic mass is 32.2. The topological polar surface area (TPSA) is 115 Å². The molecule has 2 heterocycles. The molecule has 0 aliphatic rings. The largest absolute Gasteiger partial charge is 0.342 e. The van der Waals surface area contributed by atoms with Crippen LogP contribution in [0.15, 0.2) is 41.0 Å². The van der Waals surface area contributed by atoms with Gasteiger partial charge in [-0.05, 0) is 19.1 Å². The van der Waals surface area contributed by atoms with Crippen LogP contribution in [0.4, 0.5) is 5.13 Å². The van der Waals surface area contributed by atoms with E-state index in [2.05, 4.69) is 31.0 Å². The predicted octanol–water partition coefficient (Wildman–Crippen LogP) is 1.89. The number of hydrogen-bond acceptors (Lipinski definition) is 8. The molecule has 1 atom stereocenters. The minimum absolute atomic E-state index is 0.163. The second-order valence-electron chi connectivity index (χ2n) is 5.54. The summed E-state index contributed by atoms with van der Waals surface area (Å²) < 4.78 is 1.76. The minimum atomic E-state index is -0.334. The van der Waals surface area contributed by atoms with Crippen molar-refractivity contribution >= 4 is 40.0 Å². The molecule has 0 aliphatic carbocycles. The fourth-order valence-electron chi connectivity index (χ4n) is 2.28. The van der Waals surface area contributed by atoms with Crippen LogP contribution in [0, 0.1) is 0 Å². The van der Waals surface area contributed by atoms with Gasteiger partial charge in [0, 0.05) is 12.6 Å². The van der Waals surface area contributed by atoms with Crippen LogP contribution in [0.25, 0.3) is 0 Å². The monoisotopic (exact) mass is 403 g/mol. The van der Waals surface area contributed by atoms with Gasteiger partial charge >= 0.3 is 0 Å². The van der Waals surface area contributed by atoms with E-state index >= 15 is 0 Å². The molecule has 0 saturated carbocycles. The highest BCUT2D eigenvalue weighted by molar-refractivity contribution is 7.99. The second-order valence-corrected chi connectivity index (χ2v) is 7.32. The summed E-state index contributed by atoms with van der Waals surface area (Å²) in [5.74, 6) is 0.380. The van der Waals surface area contributed by atoms with Gasteiger partial charge in [0.2, 0.25) is 11.0 Å². The van der Waals surface area contributed by atoms with E-state index < -0.39 is 0 Å². The van der Waals surface area contributed by atoms with Crippen molar-refractivity contribution in [3.05, 3.63) is 47.2 Å². The van der Waals surface area contributed by atoms with Crippen molar-refractivity contribution in [1.29, 1.82) is 0 Å². The van der Waals surface area contributed by atoms with Crippen LogP contribution in [0.5, 0.6) is 0 Å². The fraction of sp³-hybridized carbons (Fsp3) is 0.250. The van der Waals surface area contributed by atoms with Crippen molar-refractivity contribution in [3.8, 4) is 0 Å². The fourth-order valence-corrected chi connectivity index (χ4v) is 3.46. The number of carbonyl (C=O) groups excluding carboxylic acids is 2. The van der Waals surface area contributed by atoms with Gasteiger partial charge in [0.15, 0.2) is 11.0 Å². The van der Waals surface area contributed by atoms with E-state index in [0.29, 0.717) is 21.7 Å². The molecule has 0 spiro atoms. The van der Waals surface area contributed by atoms with E-state index in [0.717, 1.165) is 0 Å². The average molecular weight is 403 g/mol. The Balaban J connectivity index is 1.57. The Morgan fingerprint density at radius 1 is 1.22 bits per heavy atom. The van der Waals surface area contributed by atoms with Crippen LogP contribution in [0.1, 0.15) is 29.1 Å². The van der Waals surface area contributed by atoms with Crippen molar-refractivity contribution < 1.29 is 9.59 Å². The maximum absolute atomic E-state index is 12.3. The predicted molar refractivity (Wildman–Crippen MR) is 103 cm³/mol. The lowest BCUT2D eigenvalue weighted by molar-refractivity contribution is -0.113. The molecule has 0 fully saturated rings. The summed E-state index contributed by atoms with van der Waals surface area (Å²) in [7, 11) is 1.80. The van der Waals surface area contributed by atoms with E-state index in [1.54, 1.807) is 29.3 Å². The van der Waals surface area contributed by atoms with Gasteiger partial charge in [-0.15, -0.1) is 20.4 Å². The Kier molecular flexibility index (Phi) is 6.14. The van der Waals surface area contributed by atoms with E-state index in [1.807, 2.05) is 25.1 Å². The summed E-state index contributed by atoms with van der Waals surface area (Å²) in [5, 5.41) is 22.3. The number of benzene rings is 1. The summed E-state index contributed by atoms with van der Waals surface area (Å²) in [6, 6.07) is 8.63. The first-order valence-electron chi connectivity index (χ1n) is 7.98. The Bertz CT molecular complexity index is 912. The van der Waals surface area contributed by atoms with Crippen LogP contribution in [0.2, 0.25) is 0 Å². The summed E-state index contributed by atoms with van der Waals surface area (Å²) in [6.07, 6.45) is 0. The molecule has 1 unspecified atom stereocenters. The molecule has 0 aliphatic heterocycles. The van der Waals surface area contributed by atoms with Gasteiger partial charge in [-0.1, -0.05) is 41.3 Å². The summed E-state index contributed by atoms with van der Waals surface area (Å²) in [5.41, 5.74) is 2.12. The summed E-state index contributed by atoms with van der Waals surface area (Å²) in [6.45, 7) is 1.83. The average Bonchev–Trinajstić information content (AvgIpc) is 3.30. The lowest BCUT2D eigenvalue weighted by atomic mass is 10.2. The number of nitrogens with one attached hydrogen (secondary N) is 2. The molecule has 0 saturated heterocycles. The number of anilines is 1. The van der Waals surface area contributed by atoms with Gasteiger partial charge in [0.05, 0.1) is 11.8 Å². The molecule has 2 aromatic heterocycles. The van der Waals surface area contributed by atoms with Crippen molar-refractivity contribution in [1.82, 2.24) is 30.3 Å². The molecule has 27 heavy (non-hydrogen) atoms. The quantitative estimate of drug-likeness (QED) is 0.579. The Labute approximate surface area is 163 Å². The van der Waals surface area contributed by atoms with Crippen molar-refractivity contribution in [2.75, 3.05) is 11.1 Å². The zero-order valence-corrected chi connectivity index (χ0v) is 16.3. The minimum Gasteiger partial charge on any atom is -0.342 e. The molecule has 1 aromatic carbocycles. The van der Waals surface area contributed by atoms with E-state index in [1.165, 1.54) is 23.1 Å². The highest BCUT2D eigenvalue weighted by Gasteiger charge is 2.19.